The van der Waals surface area contributed by atoms with Crippen LogP contribution in [0.1, 0.15) is 32.1 Å². The number of aliphatic imine (C=N–C) groups is 1. The SMILES string of the molecule is NC(=NCCN1CC2CCC(C1)O2)NC1CCC1. The number of rotatable bonds is 4. The van der Waals surface area contributed by atoms with Crippen LogP contribution in [0.5, 0.6) is 0 Å². The Labute approximate surface area is 109 Å². The van der Waals surface area contributed by atoms with Gasteiger partial charge < -0.3 is 15.8 Å². The molecule has 0 aromatic carbocycles. The minimum absolute atomic E-state index is 0.471. The summed E-state index contributed by atoms with van der Waals surface area (Å²) in [7, 11) is 0. The quantitative estimate of drug-likeness (QED) is 0.558. The van der Waals surface area contributed by atoms with Gasteiger partial charge in [0.2, 0.25) is 0 Å². The molecule has 2 saturated heterocycles. The van der Waals surface area contributed by atoms with Crippen molar-refractivity contribution >= 4 is 5.96 Å². The van der Waals surface area contributed by atoms with Crippen LogP contribution in [0.2, 0.25) is 0 Å². The molecule has 2 unspecified atom stereocenters. The molecule has 1 saturated carbocycles. The first-order valence-electron chi connectivity index (χ1n) is 7.24. The van der Waals surface area contributed by atoms with Gasteiger partial charge in [-0.2, -0.15) is 0 Å². The summed E-state index contributed by atoms with van der Waals surface area (Å²) >= 11 is 0. The smallest absolute Gasteiger partial charge is 0.188 e. The van der Waals surface area contributed by atoms with Gasteiger partial charge in [-0.15, -0.1) is 0 Å². The van der Waals surface area contributed by atoms with E-state index in [1.807, 2.05) is 0 Å². The van der Waals surface area contributed by atoms with Crippen LogP contribution in [0.25, 0.3) is 0 Å². The van der Waals surface area contributed by atoms with Crippen molar-refractivity contribution in [3.05, 3.63) is 0 Å². The zero-order chi connectivity index (χ0) is 12.4. The molecular weight excluding hydrogens is 228 g/mol. The molecule has 0 aromatic heterocycles. The fourth-order valence-electron chi connectivity index (χ4n) is 3.00. The largest absolute Gasteiger partial charge is 0.372 e. The summed E-state index contributed by atoms with van der Waals surface area (Å²) < 4.78 is 5.82. The van der Waals surface area contributed by atoms with Crippen molar-refractivity contribution in [2.45, 2.75) is 50.4 Å². The number of hydrogen-bond acceptors (Lipinski definition) is 3. The molecule has 0 spiro atoms. The fourth-order valence-corrected chi connectivity index (χ4v) is 3.00. The lowest BCUT2D eigenvalue weighted by Crippen LogP contribution is -2.45. The highest BCUT2D eigenvalue weighted by molar-refractivity contribution is 5.78. The van der Waals surface area contributed by atoms with Gasteiger partial charge in [0.05, 0.1) is 18.8 Å². The molecule has 2 bridgehead atoms. The van der Waals surface area contributed by atoms with Crippen LogP contribution < -0.4 is 11.1 Å². The van der Waals surface area contributed by atoms with Gasteiger partial charge in [-0.05, 0) is 32.1 Å². The summed E-state index contributed by atoms with van der Waals surface area (Å²) in [4.78, 5) is 6.88. The highest BCUT2D eigenvalue weighted by Crippen LogP contribution is 2.25. The summed E-state index contributed by atoms with van der Waals surface area (Å²) in [5, 5.41) is 3.27. The van der Waals surface area contributed by atoms with Gasteiger partial charge in [0.1, 0.15) is 0 Å². The number of fused-ring (bicyclic) bond motifs is 2. The van der Waals surface area contributed by atoms with E-state index in [1.54, 1.807) is 0 Å². The average molecular weight is 252 g/mol. The number of likely N-dealkylation sites (tertiary alicyclic amines) is 1. The van der Waals surface area contributed by atoms with E-state index in [0.29, 0.717) is 24.2 Å². The van der Waals surface area contributed by atoms with E-state index in [9.17, 15) is 0 Å². The first-order valence-corrected chi connectivity index (χ1v) is 7.24. The molecule has 3 rings (SSSR count). The number of ether oxygens (including phenoxy) is 1. The predicted molar refractivity (Wildman–Crippen MR) is 71.6 cm³/mol. The van der Waals surface area contributed by atoms with Crippen molar-refractivity contribution < 1.29 is 4.74 Å². The minimum atomic E-state index is 0.471. The van der Waals surface area contributed by atoms with Crippen molar-refractivity contribution in [3.8, 4) is 0 Å². The van der Waals surface area contributed by atoms with Crippen molar-refractivity contribution in [2.75, 3.05) is 26.2 Å². The van der Waals surface area contributed by atoms with E-state index in [0.717, 1.165) is 26.2 Å². The molecule has 0 radical (unpaired) electrons. The standard InChI is InChI=1S/C13H24N4O/c14-13(16-10-2-1-3-10)15-6-7-17-8-11-4-5-12(9-17)18-11/h10-12H,1-9H2,(H3,14,15,16). The van der Waals surface area contributed by atoms with E-state index >= 15 is 0 Å². The highest BCUT2D eigenvalue weighted by atomic mass is 16.5. The Bertz CT molecular complexity index is 304. The second kappa shape index (κ2) is 5.45. The number of nitrogens with two attached hydrogens (primary N) is 1. The van der Waals surface area contributed by atoms with Crippen molar-refractivity contribution in [2.24, 2.45) is 10.7 Å². The van der Waals surface area contributed by atoms with Gasteiger partial charge >= 0.3 is 0 Å². The van der Waals surface area contributed by atoms with E-state index in [-0.39, 0.29) is 0 Å². The Kier molecular flexibility index (Phi) is 3.70. The molecule has 0 aromatic rings. The molecule has 5 nitrogen and oxygen atoms in total. The molecule has 2 heterocycles. The topological polar surface area (TPSA) is 62.9 Å². The fraction of sp³-hybridized carbons (Fsp3) is 0.923. The summed E-state index contributed by atoms with van der Waals surface area (Å²) in [6.45, 7) is 3.94. The Hall–Kier alpha value is -0.810. The van der Waals surface area contributed by atoms with Crippen LogP contribution >= 0.6 is 0 Å². The first kappa shape index (κ1) is 12.2. The second-order valence-corrected chi connectivity index (χ2v) is 5.76. The highest BCUT2D eigenvalue weighted by Gasteiger charge is 2.33. The van der Waals surface area contributed by atoms with Gasteiger partial charge in [0.15, 0.2) is 5.96 Å². The maximum absolute atomic E-state index is 5.86. The van der Waals surface area contributed by atoms with Gasteiger partial charge in [0, 0.05) is 25.7 Å². The van der Waals surface area contributed by atoms with Crippen LogP contribution in [0, 0.1) is 0 Å². The lowest BCUT2D eigenvalue weighted by Gasteiger charge is -2.31. The first-order chi connectivity index (χ1) is 8.79. The van der Waals surface area contributed by atoms with Gasteiger partial charge in [0.25, 0.3) is 0 Å². The van der Waals surface area contributed by atoms with Crippen molar-refractivity contribution in [1.29, 1.82) is 0 Å². The molecule has 3 fully saturated rings. The molecule has 102 valence electrons. The van der Waals surface area contributed by atoms with Crippen LogP contribution in [0.4, 0.5) is 0 Å². The maximum Gasteiger partial charge on any atom is 0.188 e. The maximum atomic E-state index is 5.86. The molecule has 2 aliphatic heterocycles. The van der Waals surface area contributed by atoms with Gasteiger partial charge in [-0.1, -0.05) is 0 Å². The average Bonchev–Trinajstić information content (AvgIpc) is 2.64. The normalized spacial score (nSPS) is 33.4. The Balaban J connectivity index is 1.37. The third kappa shape index (κ3) is 2.95. The van der Waals surface area contributed by atoms with Crippen LogP contribution in [0.15, 0.2) is 4.99 Å². The Morgan fingerprint density at radius 2 is 1.94 bits per heavy atom. The molecule has 18 heavy (non-hydrogen) atoms. The second-order valence-electron chi connectivity index (χ2n) is 5.76. The minimum Gasteiger partial charge on any atom is -0.372 e. The van der Waals surface area contributed by atoms with Gasteiger partial charge in [-0.25, -0.2) is 0 Å². The number of morpholine rings is 1. The van der Waals surface area contributed by atoms with E-state index in [1.165, 1.54) is 32.1 Å². The molecule has 3 N–H and O–H groups in total. The van der Waals surface area contributed by atoms with Crippen molar-refractivity contribution in [3.63, 3.8) is 0 Å². The zero-order valence-electron chi connectivity index (χ0n) is 11.0. The van der Waals surface area contributed by atoms with Crippen LogP contribution in [0.3, 0.4) is 0 Å². The molecule has 1 aliphatic carbocycles. The monoisotopic (exact) mass is 252 g/mol. The van der Waals surface area contributed by atoms with E-state index in [2.05, 4.69) is 15.2 Å². The summed E-state index contributed by atoms with van der Waals surface area (Å²) in [6.07, 6.45) is 7.20. The molecule has 3 aliphatic rings. The van der Waals surface area contributed by atoms with E-state index in [4.69, 9.17) is 10.5 Å². The predicted octanol–water partition coefficient (Wildman–Crippen LogP) is 0.306. The Morgan fingerprint density at radius 3 is 2.56 bits per heavy atom. The van der Waals surface area contributed by atoms with E-state index < -0.39 is 0 Å². The number of nitrogens with zero attached hydrogens (tertiary/aromatic N) is 2. The number of guanidine groups is 1. The lowest BCUT2D eigenvalue weighted by atomic mass is 9.93. The molecule has 2 atom stereocenters. The lowest BCUT2D eigenvalue weighted by molar-refractivity contribution is -0.0370. The number of nitrogens with one attached hydrogen (secondary N) is 1. The number of hydrogen-bond donors (Lipinski definition) is 2. The zero-order valence-corrected chi connectivity index (χ0v) is 11.0. The third-order valence-electron chi connectivity index (χ3n) is 4.27. The summed E-state index contributed by atoms with van der Waals surface area (Å²) in [5.41, 5.74) is 5.86. The molecule has 5 heteroatoms. The summed E-state index contributed by atoms with van der Waals surface area (Å²) in [5.74, 6) is 0.621. The molecular formula is C13H24N4O. The third-order valence-corrected chi connectivity index (χ3v) is 4.27. The molecule has 0 amide bonds. The van der Waals surface area contributed by atoms with Gasteiger partial charge in [-0.3, -0.25) is 9.89 Å². The van der Waals surface area contributed by atoms with Crippen LogP contribution in [-0.4, -0.2) is 55.3 Å². The summed E-state index contributed by atoms with van der Waals surface area (Å²) in [6, 6.07) is 0.577. The van der Waals surface area contributed by atoms with Crippen LogP contribution in [-0.2, 0) is 4.74 Å². The van der Waals surface area contributed by atoms with Crippen molar-refractivity contribution in [1.82, 2.24) is 10.2 Å². The Morgan fingerprint density at radius 1 is 1.22 bits per heavy atom.